The van der Waals surface area contributed by atoms with Gasteiger partial charge in [0.05, 0.1) is 16.8 Å². The molecule has 4 nitrogen and oxygen atoms in total. The molecule has 0 saturated heterocycles. The van der Waals surface area contributed by atoms with Crippen molar-refractivity contribution >= 4 is 21.8 Å². The number of hydrogen-bond acceptors (Lipinski definition) is 2. The van der Waals surface area contributed by atoms with Crippen molar-refractivity contribution in [3.05, 3.63) is 79.1 Å². The van der Waals surface area contributed by atoms with Crippen LogP contribution in [0.25, 0.3) is 38.8 Å². The molecular formula is C21H15N3O. The summed E-state index contributed by atoms with van der Waals surface area (Å²) in [5.41, 5.74) is 4.33. The zero-order valence-corrected chi connectivity index (χ0v) is 13.3. The van der Waals surface area contributed by atoms with Gasteiger partial charge in [-0.05, 0) is 42.5 Å². The van der Waals surface area contributed by atoms with Gasteiger partial charge in [-0.1, -0.05) is 24.3 Å². The van der Waals surface area contributed by atoms with Gasteiger partial charge in [0, 0.05) is 34.4 Å². The predicted octanol–water partition coefficient (Wildman–Crippen LogP) is 4.88. The minimum atomic E-state index is 0.141. The molecule has 3 aromatic heterocycles. The lowest BCUT2D eigenvalue weighted by atomic mass is 10.1. The lowest BCUT2D eigenvalue weighted by Gasteiger charge is -2.05. The Hall–Kier alpha value is -3.53. The summed E-state index contributed by atoms with van der Waals surface area (Å²) < 4.78 is 2.04. The number of benzene rings is 2. The van der Waals surface area contributed by atoms with Crippen LogP contribution in [0.4, 0.5) is 0 Å². The lowest BCUT2D eigenvalue weighted by Crippen LogP contribution is -1.89. The zero-order chi connectivity index (χ0) is 16.8. The highest BCUT2D eigenvalue weighted by atomic mass is 16.3. The third kappa shape index (κ3) is 2.19. The van der Waals surface area contributed by atoms with Crippen LogP contribution in [-0.4, -0.2) is 19.6 Å². The number of para-hydroxylation sites is 1. The van der Waals surface area contributed by atoms with Crippen molar-refractivity contribution in [3.63, 3.8) is 0 Å². The zero-order valence-electron chi connectivity index (χ0n) is 13.3. The minimum absolute atomic E-state index is 0.141. The van der Waals surface area contributed by atoms with Crippen LogP contribution in [0, 0.1) is 0 Å². The number of nitrogens with zero attached hydrogens (tertiary/aromatic N) is 2. The van der Waals surface area contributed by atoms with Gasteiger partial charge in [-0.25, -0.2) is 4.98 Å². The Balaban J connectivity index is 1.76. The van der Waals surface area contributed by atoms with E-state index in [1.165, 1.54) is 0 Å². The van der Waals surface area contributed by atoms with Gasteiger partial charge in [-0.15, -0.1) is 0 Å². The van der Waals surface area contributed by atoms with Crippen LogP contribution in [0.15, 0.2) is 79.1 Å². The van der Waals surface area contributed by atoms with E-state index in [2.05, 4.69) is 11.1 Å². The average molecular weight is 325 g/mol. The van der Waals surface area contributed by atoms with Crippen molar-refractivity contribution in [2.75, 3.05) is 0 Å². The normalized spacial score (nSPS) is 11.4. The predicted molar refractivity (Wildman–Crippen MR) is 100 cm³/mol. The molecule has 2 aromatic carbocycles. The Morgan fingerprint density at radius 3 is 2.60 bits per heavy atom. The van der Waals surface area contributed by atoms with Gasteiger partial charge >= 0.3 is 0 Å². The van der Waals surface area contributed by atoms with Crippen LogP contribution in [0.2, 0.25) is 0 Å². The second kappa shape index (κ2) is 5.24. The summed E-state index contributed by atoms with van der Waals surface area (Å²) in [5, 5.41) is 12.5. The molecule has 4 heteroatoms. The fourth-order valence-corrected chi connectivity index (χ4v) is 3.30. The lowest BCUT2D eigenvalue weighted by molar-refractivity contribution is 0.460. The summed E-state index contributed by atoms with van der Waals surface area (Å²) in [7, 11) is 0. The topological polar surface area (TPSA) is 53.8 Å². The van der Waals surface area contributed by atoms with Crippen molar-refractivity contribution in [1.29, 1.82) is 0 Å². The maximum atomic E-state index is 10.5. The maximum Gasteiger partial charge on any atom is 0.199 e. The van der Waals surface area contributed by atoms with Crippen molar-refractivity contribution < 1.29 is 5.11 Å². The molecule has 0 aliphatic carbocycles. The smallest absolute Gasteiger partial charge is 0.199 e. The largest absolute Gasteiger partial charge is 0.494 e. The van der Waals surface area contributed by atoms with Crippen LogP contribution in [-0.2, 0) is 0 Å². The van der Waals surface area contributed by atoms with E-state index in [9.17, 15) is 5.11 Å². The monoisotopic (exact) mass is 325 g/mol. The molecule has 25 heavy (non-hydrogen) atoms. The number of aromatic amines is 1. The summed E-state index contributed by atoms with van der Waals surface area (Å²) in [6.07, 6.45) is 4.00. The minimum Gasteiger partial charge on any atom is -0.494 e. The van der Waals surface area contributed by atoms with E-state index < -0.39 is 0 Å². The molecule has 0 spiro atoms. The SMILES string of the molecule is Oc1[nH]c2ccc(-n3cccc3)cc2c1-c1ccc2ccccc2n1. The Morgan fingerprint density at radius 2 is 1.72 bits per heavy atom. The molecule has 0 unspecified atom stereocenters. The van der Waals surface area contributed by atoms with Crippen molar-refractivity contribution in [2.45, 2.75) is 0 Å². The highest BCUT2D eigenvalue weighted by Gasteiger charge is 2.15. The second-order valence-electron chi connectivity index (χ2n) is 6.06. The fraction of sp³-hybridized carbons (Fsp3) is 0. The Kier molecular flexibility index (Phi) is 2.91. The van der Waals surface area contributed by atoms with E-state index in [0.29, 0.717) is 0 Å². The number of fused-ring (bicyclic) bond motifs is 2. The molecule has 3 heterocycles. The number of H-pyrrole nitrogens is 1. The van der Waals surface area contributed by atoms with Gasteiger partial charge in [0.15, 0.2) is 5.88 Å². The highest BCUT2D eigenvalue weighted by molar-refractivity contribution is 6.00. The number of nitrogens with one attached hydrogen (secondary N) is 1. The van der Waals surface area contributed by atoms with Crippen LogP contribution < -0.4 is 0 Å². The summed E-state index contributed by atoms with van der Waals surface area (Å²) >= 11 is 0. The molecule has 0 amide bonds. The summed E-state index contributed by atoms with van der Waals surface area (Å²) in [6.45, 7) is 0. The molecule has 0 aliphatic heterocycles. The first kappa shape index (κ1) is 13.9. The highest BCUT2D eigenvalue weighted by Crippen LogP contribution is 2.37. The quantitative estimate of drug-likeness (QED) is 0.486. The summed E-state index contributed by atoms with van der Waals surface area (Å²) in [5.74, 6) is 0.141. The number of aromatic hydroxyl groups is 1. The van der Waals surface area contributed by atoms with E-state index in [1.54, 1.807) is 0 Å². The molecule has 2 N–H and O–H groups in total. The van der Waals surface area contributed by atoms with E-state index in [0.717, 1.165) is 38.8 Å². The van der Waals surface area contributed by atoms with E-state index >= 15 is 0 Å². The summed E-state index contributed by atoms with van der Waals surface area (Å²) in [4.78, 5) is 7.79. The van der Waals surface area contributed by atoms with Gasteiger partial charge in [-0.2, -0.15) is 0 Å². The molecule has 120 valence electrons. The molecule has 0 aliphatic rings. The molecule has 5 rings (SSSR count). The molecule has 0 fully saturated rings. The van der Waals surface area contributed by atoms with Gasteiger partial charge in [0.25, 0.3) is 0 Å². The number of hydrogen-bond donors (Lipinski definition) is 2. The Morgan fingerprint density at radius 1 is 0.880 bits per heavy atom. The van der Waals surface area contributed by atoms with E-state index in [1.807, 2.05) is 77.6 Å². The Bertz CT molecular complexity index is 1200. The first-order chi connectivity index (χ1) is 12.3. The first-order valence-electron chi connectivity index (χ1n) is 8.14. The van der Waals surface area contributed by atoms with Crippen LogP contribution in [0.1, 0.15) is 0 Å². The van der Waals surface area contributed by atoms with Gasteiger partial charge in [0.1, 0.15) is 0 Å². The van der Waals surface area contributed by atoms with Crippen molar-refractivity contribution in [3.8, 4) is 22.8 Å². The van der Waals surface area contributed by atoms with E-state index in [4.69, 9.17) is 4.98 Å². The molecule has 0 saturated carbocycles. The number of aromatic nitrogens is 3. The fourth-order valence-electron chi connectivity index (χ4n) is 3.30. The number of rotatable bonds is 2. The standard InChI is InChI=1S/C21H15N3O/c25-21-20(19-9-7-14-5-1-2-6-17(14)22-19)16-13-15(8-10-18(16)23-21)24-11-3-4-12-24/h1-13,23,25H. The van der Waals surface area contributed by atoms with Crippen LogP contribution >= 0.6 is 0 Å². The summed E-state index contributed by atoms with van der Waals surface area (Å²) in [6, 6.07) is 22.0. The van der Waals surface area contributed by atoms with Gasteiger partial charge < -0.3 is 14.7 Å². The van der Waals surface area contributed by atoms with Crippen molar-refractivity contribution in [2.24, 2.45) is 0 Å². The van der Waals surface area contributed by atoms with E-state index in [-0.39, 0.29) is 5.88 Å². The third-order valence-electron chi connectivity index (χ3n) is 4.52. The second-order valence-corrected chi connectivity index (χ2v) is 6.06. The van der Waals surface area contributed by atoms with Crippen LogP contribution in [0.5, 0.6) is 5.88 Å². The maximum absolute atomic E-state index is 10.5. The molecule has 0 radical (unpaired) electrons. The molecule has 0 atom stereocenters. The van der Waals surface area contributed by atoms with Gasteiger partial charge in [0.2, 0.25) is 0 Å². The molecular weight excluding hydrogens is 310 g/mol. The molecule has 0 bridgehead atoms. The number of pyridine rings is 1. The first-order valence-corrected chi connectivity index (χ1v) is 8.14. The van der Waals surface area contributed by atoms with Crippen LogP contribution in [0.3, 0.4) is 0 Å². The molecule has 5 aromatic rings. The average Bonchev–Trinajstić information content (AvgIpc) is 3.28. The van der Waals surface area contributed by atoms with Crippen molar-refractivity contribution in [1.82, 2.24) is 14.5 Å². The van der Waals surface area contributed by atoms with Gasteiger partial charge in [-0.3, -0.25) is 0 Å². The third-order valence-corrected chi connectivity index (χ3v) is 4.52. The Labute approximate surface area is 144 Å².